The SMILES string of the molecule is CC(F)(C(=O)O)C(c1cccc(O[Si](C)(C)C(C)(C)C)c1)C1CC1. The summed E-state index contributed by atoms with van der Waals surface area (Å²) in [5.41, 5.74) is -1.54. The van der Waals surface area contributed by atoms with Crippen LogP contribution in [0.2, 0.25) is 18.1 Å². The van der Waals surface area contributed by atoms with Gasteiger partial charge in [-0.3, -0.25) is 0 Å². The lowest BCUT2D eigenvalue weighted by molar-refractivity contribution is -0.151. The first kappa shape index (κ1) is 19.0. The molecule has 1 fully saturated rings. The molecule has 24 heavy (non-hydrogen) atoms. The summed E-state index contributed by atoms with van der Waals surface area (Å²) < 4.78 is 21.2. The quantitative estimate of drug-likeness (QED) is 0.699. The largest absolute Gasteiger partial charge is 0.543 e. The maximum atomic E-state index is 14.9. The third kappa shape index (κ3) is 3.82. The number of halogens is 1. The Morgan fingerprint density at radius 2 is 1.88 bits per heavy atom. The molecule has 1 aromatic carbocycles. The molecule has 1 N–H and O–H groups in total. The molecule has 0 bridgehead atoms. The highest BCUT2D eigenvalue weighted by molar-refractivity contribution is 6.74. The summed E-state index contributed by atoms with van der Waals surface area (Å²) in [5.74, 6) is -1.21. The molecule has 0 radical (unpaired) electrons. The molecule has 0 amide bonds. The highest BCUT2D eigenvalue weighted by Gasteiger charge is 2.50. The average molecular weight is 353 g/mol. The van der Waals surface area contributed by atoms with Crippen molar-refractivity contribution in [3.8, 4) is 5.75 Å². The fourth-order valence-corrected chi connectivity index (χ4v) is 3.83. The highest BCUT2D eigenvalue weighted by atomic mass is 28.4. The standard InChI is InChI=1S/C19H29FO3Si/c1-18(2,3)24(5,6)23-15-9-7-8-14(12-15)16(13-10-11-13)19(4,20)17(21)22/h7-9,12-13,16H,10-11H2,1-6H3,(H,21,22). The minimum absolute atomic E-state index is 0.0641. The van der Waals surface area contributed by atoms with E-state index in [0.717, 1.165) is 18.4 Å². The second-order valence-electron chi connectivity index (χ2n) is 8.63. The first-order valence-electron chi connectivity index (χ1n) is 8.57. The summed E-state index contributed by atoms with van der Waals surface area (Å²) in [7, 11) is -1.99. The Bertz CT molecular complexity index is 615. The number of hydrogen-bond acceptors (Lipinski definition) is 2. The van der Waals surface area contributed by atoms with Crippen LogP contribution < -0.4 is 4.43 Å². The molecule has 0 heterocycles. The lowest BCUT2D eigenvalue weighted by Gasteiger charge is -2.36. The zero-order chi connectivity index (χ0) is 18.3. The molecule has 1 aromatic rings. The van der Waals surface area contributed by atoms with Crippen LogP contribution in [0.15, 0.2) is 24.3 Å². The van der Waals surface area contributed by atoms with E-state index in [0.29, 0.717) is 5.75 Å². The van der Waals surface area contributed by atoms with E-state index >= 15 is 0 Å². The van der Waals surface area contributed by atoms with Crippen molar-refractivity contribution in [1.82, 2.24) is 0 Å². The van der Waals surface area contributed by atoms with Gasteiger partial charge < -0.3 is 9.53 Å². The summed E-state index contributed by atoms with van der Waals surface area (Å²) in [4.78, 5) is 11.4. The minimum Gasteiger partial charge on any atom is -0.543 e. The van der Waals surface area contributed by atoms with Crippen molar-refractivity contribution in [1.29, 1.82) is 0 Å². The van der Waals surface area contributed by atoms with Gasteiger partial charge in [0.15, 0.2) is 0 Å². The number of carbonyl (C=O) groups is 1. The van der Waals surface area contributed by atoms with E-state index in [1.54, 1.807) is 0 Å². The van der Waals surface area contributed by atoms with Gasteiger partial charge in [-0.2, -0.15) is 0 Å². The molecule has 0 aliphatic heterocycles. The summed E-state index contributed by atoms with van der Waals surface area (Å²) in [5, 5.41) is 9.38. The zero-order valence-corrected chi connectivity index (χ0v) is 16.5. The summed E-state index contributed by atoms with van der Waals surface area (Å²) in [6, 6.07) is 7.38. The van der Waals surface area contributed by atoms with Crippen LogP contribution in [-0.4, -0.2) is 25.1 Å². The second kappa shape index (κ2) is 6.17. The topological polar surface area (TPSA) is 46.5 Å². The number of carboxylic acid groups (broad SMARTS) is 1. The fourth-order valence-electron chi connectivity index (χ4n) is 2.81. The summed E-state index contributed by atoms with van der Waals surface area (Å²) in [6.45, 7) is 12.0. The third-order valence-electron chi connectivity index (χ3n) is 5.49. The molecule has 1 saturated carbocycles. The van der Waals surface area contributed by atoms with E-state index in [9.17, 15) is 14.3 Å². The van der Waals surface area contributed by atoms with Crippen LogP contribution in [0.5, 0.6) is 5.75 Å². The maximum Gasteiger partial charge on any atom is 0.341 e. The Morgan fingerprint density at radius 3 is 2.33 bits per heavy atom. The first-order valence-corrected chi connectivity index (χ1v) is 11.5. The molecule has 1 aliphatic rings. The number of aliphatic carboxylic acids is 1. The number of alkyl halides is 1. The van der Waals surface area contributed by atoms with Crippen LogP contribution in [0.4, 0.5) is 4.39 Å². The fraction of sp³-hybridized carbons (Fsp3) is 0.632. The number of hydrogen-bond donors (Lipinski definition) is 1. The maximum absolute atomic E-state index is 14.9. The van der Waals surface area contributed by atoms with Crippen molar-refractivity contribution in [3.05, 3.63) is 29.8 Å². The van der Waals surface area contributed by atoms with Gasteiger partial charge in [-0.1, -0.05) is 32.9 Å². The van der Waals surface area contributed by atoms with Gasteiger partial charge in [0.2, 0.25) is 14.0 Å². The van der Waals surface area contributed by atoms with Crippen LogP contribution in [0, 0.1) is 5.92 Å². The predicted molar refractivity (Wildman–Crippen MR) is 96.9 cm³/mol. The Labute approximate surface area is 145 Å². The average Bonchev–Trinajstić information content (AvgIpc) is 3.21. The van der Waals surface area contributed by atoms with Crippen LogP contribution >= 0.6 is 0 Å². The Morgan fingerprint density at radius 1 is 1.29 bits per heavy atom. The van der Waals surface area contributed by atoms with Crippen molar-refractivity contribution in [2.45, 2.75) is 70.3 Å². The lowest BCUT2D eigenvalue weighted by Crippen LogP contribution is -2.44. The first-order chi connectivity index (χ1) is 10.9. The Kier molecular flexibility index (Phi) is 4.88. The predicted octanol–water partition coefficient (Wildman–Crippen LogP) is 5.38. The molecule has 2 unspecified atom stereocenters. The molecular formula is C19H29FO3Si. The van der Waals surface area contributed by atoms with Gasteiger partial charge in [-0.15, -0.1) is 0 Å². The van der Waals surface area contributed by atoms with Crippen molar-refractivity contribution in [3.63, 3.8) is 0 Å². The van der Waals surface area contributed by atoms with E-state index in [1.807, 2.05) is 24.3 Å². The van der Waals surface area contributed by atoms with Gasteiger partial charge in [0.1, 0.15) is 5.75 Å². The van der Waals surface area contributed by atoms with Crippen LogP contribution in [0.3, 0.4) is 0 Å². The van der Waals surface area contributed by atoms with Crippen LogP contribution in [-0.2, 0) is 4.79 Å². The molecule has 2 rings (SSSR count). The molecule has 3 nitrogen and oxygen atoms in total. The number of benzene rings is 1. The smallest absolute Gasteiger partial charge is 0.341 e. The normalized spacial score (nSPS) is 19.5. The third-order valence-corrected chi connectivity index (χ3v) is 9.85. The monoisotopic (exact) mass is 352 g/mol. The van der Waals surface area contributed by atoms with Crippen LogP contribution in [0.1, 0.15) is 52.0 Å². The van der Waals surface area contributed by atoms with Crippen LogP contribution in [0.25, 0.3) is 0 Å². The molecule has 2 atom stereocenters. The second-order valence-corrected chi connectivity index (χ2v) is 13.4. The summed E-state index contributed by atoms with van der Waals surface area (Å²) >= 11 is 0. The summed E-state index contributed by atoms with van der Waals surface area (Å²) in [6.07, 6.45) is 1.76. The number of carboxylic acids is 1. The van der Waals surface area contributed by atoms with Crippen molar-refractivity contribution < 1.29 is 18.7 Å². The Hall–Kier alpha value is -1.36. The van der Waals surface area contributed by atoms with E-state index < -0.39 is 25.9 Å². The minimum atomic E-state index is -2.27. The molecule has 134 valence electrons. The molecular weight excluding hydrogens is 323 g/mol. The van der Waals surface area contributed by atoms with Gasteiger partial charge in [-0.05, 0) is 61.5 Å². The molecule has 1 aliphatic carbocycles. The van der Waals surface area contributed by atoms with Gasteiger partial charge in [0.25, 0.3) is 0 Å². The van der Waals surface area contributed by atoms with E-state index in [4.69, 9.17) is 4.43 Å². The van der Waals surface area contributed by atoms with E-state index in [2.05, 4.69) is 33.9 Å². The van der Waals surface area contributed by atoms with Gasteiger partial charge in [-0.25, -0.2) is 9.18 Å². The van der Waals surface area contributed by atoms with Crippen molar-refractivity contribution in [2.75, 3.05) is 0 Å². The van der Waals surface area contributed by atoms with E-state index in [1.165, 1.54) is 6.92 Å². The molecule has 0 aromatic heterocycles. The van der Waals surface area contributed by atoms with Crippen molar-refractivity contribution >= 4 is 14.3 Å². The molecule has 0 spiro atoms. The van der Waals surface area contributed by atoms with Gasteiger partial charge in [0.05, 0.1) is 0 Å². The lowest BCUT2D eigenvalue weighted by atomic mass is 9.81. The van der Waals surface area contributed by atoms with E-state index in [-0.39, 0.29) is 11.0 Å². The molecule has 5 heteroatoms. The highest BCUT2D eigenvalue weighted by Crippen LogP contribution is 2.50. The number of rotatable bonds is 6. The molecule has 0 saturated heterocycles. The zero-order valence-electron chi connectivity index (χ0n) is 15.5. The van der Waals surface area contributed by atoms with Gasteiger partial charge in [0, 0.05) is 5.92 Å². The van der Waals surface area contributed by atoms with Gasteiger partial charge >= 0.3 is 5.97 Å². The van der Waals surface area contributed by atoms with Crippen molar-refractivity contribution in [2.24, 2.45) is 5.92 Å². The Balaban J connectivity index is 2.34.